The summed E-state index contributed by atoms with van der Waals surface area (Å²) in [6, 6.07) is 8.22. The molecule has 178 valence electrons. The first-order chi connectivity index (χ1) is 16.3. The standard InChI is InChI=1S/C21H24N8O4S/c22-34(31,32)28-16-5-6-29(12-16)19(30)9-18-26-27-20(33-18)15-10-23-21(24-11-15)25-17-7-13-3-1-2-4-14(13)8-17/h1-4,10-11,16-17,28H,5-9,12H2,(H2,22,31,32)(H,23,24,25). The molecule has 13 heteroatoms. The third-order valence-electron chi connectivity index (χ3n) is 5.92. The summed E-state index contributed by atoms with van der Waals surface area (Å²) in [5.41, 5.74) is 3.23. The Balaban J connectivity index is 1.15. The Morgan fingerprint density at radius 3 is 2.50 bits per heavy atom. The van der Waals surface area contributed by atoms with Gasteiger partial charge in [-0.1, -0.05) is 24.3 Å². The molecule has 1 aromatic carbocycles. The first-order valence-corrected chi connectivity index (χ1v) is 12.4. The highest BCUT2D eigenvalue weighted by molar-refractivity contribution is 7.87. The molecule has 1 aliphatic carbocycles. The second kappa shape index (κ2) is 9.08. The summed E-state index contributed by atoms with van der Waals surface area (Å²) in [6.07, 6.45) is 5.46. The lowest BCUT2D eigenvalue weighted by atomic mass is 10.1. The second-order valence-corrected chi connectivity index (χ2v) is 9.81. The highest BCUT2D eigenvalue weighted by atomic mass is 32.2. The molecule has 34 heavy (non-hydrogen) atoms. The van der Waals surface area contributed by atoms with Crippen molar-refractivity contribution in [1.82, 2.24) is 29.8 Å². The van der Waals surface area contributed by atoms with Gasteiger partial charge in [0.05, 0.1) is 5.56 Å². The number of aromatic nitrogens is 4. The molecule has 5 rings (SSSR count). The van der Waals surface area contributed by atoms with Crippen LogP contribution in [0, 0.1) is 0 Å². The molecule has 1 unspecified atom stereocenters. The summed E-state index contributed by atoms with van der Waals surface area (Å²) in [4.78, 5) is 22.8. The lowest BCUT2D eigenvalue weighted by molar-refractivity contribution is -0.129. The van der Waals surface area contributed by atoms with Gasteiger partial charge in [0.1, 0.15) is 6.42 Å². The van der Waals surface area contributed by atoms with Crippen LogP contribution < -0.4 is 15.2 Å². The molecule has 1 amide bonds. The van der Waals surface area contributed by atoms with Gasteiger partial charge in [-0.05, 0) is 30.4 Å². The lowest BCUT2D eigenvalue weighted by Crippen LogP contribution is -2.41. The van der Waals surface area contributed by atoms with E-state index in [0.29, 0.717) is 24.5 Å². The normalized spacial score (nSPS) is 18.3. The van der Waals surface area contributed by atoms with Gasteiger partial charge in [-0.2, -0.15) is 13.1 Å². The monoisotopic (exact) mass is 484 g/mol. The maximum Gasteiger partial charge on any atom is 0.274 e. The van der Waals surface area contributed by atoms with Gasteiger partial charge in [0.2, 0.25) is 17.7 Å². The molecule has 12 nitrogen and oxygen atoms in total. The molecular formula is C21H24N8O4S. The number of fused-ring (bicyclic) bond motifs is 1. The van der Waals surface area contributed by atoms with E-state index in [1.807, 2.05) is 12.1 Å². The topological polar surface area (TPSA) is 169 Å². The van der Waals surface area contributed by atoms with Crippen molar-refractivity contribution >= 4 is 22.1 Å². The van der Waals surface area contributed by atoms with E-state index in [-0.39, 0.29) is 36.7 Å². The fourth-order valence-corrected chi connectivity index (χ4v) is 5.01. The number of nitrogens with zero attached hydrogens (tertiary/aromatic N) is 5. The number of benzene rings is 1. The van der Waals surface area contributed by atoms with Crippen LogP contribution in [-0.2, 0) is 34.3 Å². The van der Waals surface area contributed by atoms with Crippen molar-refractivity contribution in [3.63, 3.8) is 0 Å². The Hall–Kier alpha value is -3.42. The molecule has 0 bridgehead atoms. The first-order valence-electron chi connectivity index (χ1n) is 10.9. The molecule has 0 radical (unpaired) electrons. The molecular weight excluding hydrogens is 460 g/mol. The minimum Gasteiger partial charge on any atom is -0.420 e. The zero-order valence-electron chi connectivity index (χ0n) is 18.2. The number of hydrogen-bond donors (Lipinski definition) is 3. The number of likely N-dealkylation sites (tertiary alicyclic amines) is 1. The van der Waals surface area contributed by atoms with Crippen molar-refractivity contribution < 1.29 is 17.6 Å². The van der Waals surface area contributed by atoms with Crippen molar-refractivity contribution in [1.29, 1.82) is 0 Å². The Morgan fingerprint density at radius 1 is 1.12 bits per heavy atom. The molecule has 0 spiro atoms. The molecule has 2 aromatic heterocycles. The van der Waals surface area contributed by atoms with Crippen LogP contribution in [-0.4, -0.2) is 64.6 Å². The van der Waals surface area contributed by atoms with Crippen LogP contribution in [0.2, 0.25) is 0 Å². The second-order valence-electron chi connectivity index (χ2n) is 8.48. The van der Waals surface area contributed by atoms with Gasteiger partial charge in [-0.3, -0.25) is 4.79 Å². The van der Waals surface area contributed by atoms with E-state index in [1.54, 1.807) is 12.4 Å². The number of hydrogen-bond acceptors (Lipinski definition) is 9. The van der Waals surface area contributed by atoms with Gasteiger partial charge < -0.3 is 14.6 Å². The summed E-state index contributed by atoms with van der Waals surface area (Å²) in [5.74, 6) is 0.669. The van der Waals surface area contributed by atoms with Crippen molar-refractivity contribution in [3.05, 3.63) is 53.7 Å². The maximum atomic E-state index is 12.5. The number of amides is 1. The van der Waals surface area contributed by atoms with Crippen LogP contribution in [0.25, 0.3) is 11.5 Å². The molecule has 2 aliphatic rings. The van der Waals surface area contributed by atoms with E-state index in [2.05, 4.69) is 42.3 Å². The number of nitrogens with one attached hydrogen (secondary N) is 2. The minimum absolute atomic E-state index is 0.0855. The molecule has 1 atom stereocenters. The number of carbonyl (C=O) groups excluding carboxylic acids is 1. The average molecular weight is 485 g/mol. The highest BCUT2D eigenvalue weighted by Crippen LogP contribution is 2.24. The van der Waals surface area contributed by atoms with E-state index in [1.165, 1.54) is 16.0 Å². The molecule has 4 N–H and O–H groups in total. The van der Waals surface area contributed by atoms with Crippen LogP contribution in [0.3, 0.4) is 0 Å². The Kier molecular flexibility index (Phi) is 5.98. The number of anilines is 1. The minimum atomic E-state index is -3.81. The van der Waals surface area contributed by atoms with Crippen molar-refractivity contribution in [2.24, 2.45) is 5.14 Å². The van der Waals surface area contributed by atoms with E-state index >= 15 is 0 Å². The summed E-state index contributed by atoms with van der Waals surface area (Å²) >= 11 is 0. The zero-order chi connectivity index (χ0) is 23.7. The van der Waals surface area contributed by atoms with Gasteiger partial charge in [0.25, 0.3) is 16.1 Å². The molecule has 0 saturated carbocycles. The summed E-state index contributed by atoms with van der Waals surface area (Å²) in [5, 5.41) is 16.3. The van der Waals surface area contributed by atoms with Crippen LogP contribution >= 0.6 is 0 Å². The molecule has 1 fully saturated rings. The molecule has 3 aromatic rings. The SMILES string of the molecule is NS(=O)(=O)NC1CCN(C(=O)Cc2nnc(-c3cnc(NC4Cc5ccccc5C4)nc3)o2)C1. The van der Waals surface area contributed by atoms with Gasteiger partial charge in [-0.15, -0.1) is 10.2 Å². The van der Waals surface area contributed by atoms with Crippen LogP contribution in [0.1, 0.15) is 23.4 Å². The maximum absolute atomic E-state index is 12.5. The number of nitrogens with two attached hydrogens (primary N) is 1. The first kappa shape index (κ1) is 22.4. The smallest absolute Gasteiger partial charge is 0.274 e. The summed E-state index contributed by atoms with van der Waals surface area (Å²) in [7, 11) is -3.81. The summed E-state index contributed by atoms with van der Waals surface area (Å²) < 4.78 is 30.3. The predicted octanol–water partition coefficient (Wildman–Crippen LogP) is 0.0424. The van der Waals surface area contributed by atoms with Crippen LogP contribution in [0.5, 0.6) is 0 Å². The third-order valence-corrected chi connectivity index (χ3v) is 6.59. The Bertz CT molecular complexity index is 1270. The number of carbonyl (C=O) groups is 1. The average Bonchev–Trinajstić information content (AvgIpc) is 3.52. The largest absolute Gasteiger partial charge is 0.420 e. The van der Waals surface area contributed by atoms with Crippen molar-refractivity contribution in [2.75, 3.05) is 18.4 Å². The van der Waals surface area contributed by atoms with Gasteiger partial charge in [0.15, 0.2) is 0 Å². The van der Waals surface area contributed by atoms with Gasteiger partial charge >= 0.3 is 0 Å². The lowest BCUT2D eigenvalue weighted by Gasteiger charge is -2.15. The fourth-order valence-electron chi connectivity index (χ4n) is 4.35. The van der Waals surface area contributed by atoms with E-state index < -0.39 is 16.3 Å². The quantitative estimate of drug-likeness (QED) is 0.419. The van der Waals surface area contributed by atoms with E-state index in [0.717, 1.165) is 12.8 Å². The Labute approximate surface area is 196 Å². The van der Waals surface area contributed by atoms with Crippen molar-refractivity contribution in [3.8, 4) is 11.5 Å². The fraction of sp³-hybridized carbons (Fsp3) is 0.381. The third kappa shape index (κ3) is 5.21. The predicted molar refractivity (Wildman–Crippen MR) is 122 cm³/mol. The summed E-state index contributed by atoms with van der Waals surface area (Å²) in [6.45, 7) is 0.659. The van der Waals surface area contributed by atoms with E-state index in [9.17, 15) is 13.2 Å². The van der Waals surface area contributed by atoms with Gasteiger partial charge in [-0.25, -0.2) is 15.1 Å². The van der Waals surface area contributed by atoms with Crippen LogP contribution in [0.4, 0.5) is 5.95 Å². The van der Waals surface area contributed by atoms with Crippen molar-refractivity contribution in [2.45, 2.75) is 37.8 Å². The number of rotatable bonds is 7. The zero-order valence-corrected chi connectivity index (χ0v) is 19.0. The molecule has 1 aliphatic heterocycles. The molecule has 1 saturated heterocycles. The molecule has 3 heterocycles. The van der Waals surface area contributed by atoms with Gasteiger partial charge in [0, 0.05) is 37.6 Å². The highest BCUT2D eigenvalue weighted by Gasteiger charge is 2.29. The Morgan fingerprint density at radius 2 is 1.82 bits per heavy atom. The van der Waals surface area contributed by atoms with E-state index in [4.69, 9.17) is 9.56 Å². The van der Waals surface area contributed by atoms with Crippen LogP contribution in [0.15, 0.2) is 41.1 Å².